The molecule has 2 rings (SSSR count). The van der Waals surface area contributed by atoms with E-state index in [9.17, 15) is 9.59 Å². The van der Waals surface area contributed by atoms with Crippen LogP contribution in [0.15, 0.2) is 34.9 Å². The molecule has 1 aromatic carbocycles. The summed E-state index contributed by atoms with van der Waals surface area (Å²) in [7, 11) is 0. The molecule has 0 saturated carbocycles. The average molecular weight is 332 g/mol. The van der Waals surface area contributed by atoms with Gasteiger partial charge in [-0.2, -0.15) is 0 Å². The van der Waals surface area contributed by atoms with Crippen molar-refractivity contribution in [2.75, 3.05) is 13.2 Å². The van der Waals surface area contributed by atoms with E-state index in [2.05, 4.69) is 10.5 Å². The minimum Gasteiger partial charge on any atom is -0.482 e. The van der Waals surface area contributed by atoms with Crippen molar-refractivity contribution >= 4 is 11.9 Å². The van der Waals surface area contributed by atoms with Crippen LogP contribution in [-0.4, -0.2) is 35.3 Å². The highest BCUT2D eigenvalue weighted by Crippen LogP contribution is 2.14. The first-order valence-electron chi connectivity index (χ1n) is 7.64. The van der Waals surface area contributed by atoms with Crippen molar-refractivity contribution in [1.29, 1.82) is 0 Å². The fraction of sp³-hybridized carbons (Fsp3) is 0.353. The highest BCUT2D eigenvalue weighted by molar-refractivity contribution is 5.91. The van der Waals surface area contributed by atoms with E-state index in [1.165, 1.54) is 0 Å². The lowest BCUT2D eigenvalue weighted by Crippen LogP contribution is -2.25. The topological polar surface area (TPSA) is 102 Å². The maximum atomic E-state index is 12.0. The van der Waals surface area contributed by atoms with Gasteiger partial charge in [0.2, 0.25) is 5.76 Å². The van der Waals surface area contributed by atoms with E-state index < -0.39 is 5.97 Å². The second-order valence-corrected chi connectivity index (χ2v) is 5.60. The van der Waals surface area contributed by atoms with Crippen LogP contribution in [0.1, 0.15) is 41.6 Å². The van der Waals surface area contributed by atoms with Gasteiger partial charge >= 0.3 is 5.97 Å². The van der Waals surface area contributed by atoms with Crippen molar-refractivity contribution in [3.05, 3.63) is 47.3 Å². The molecule has 1 heterocycles. The highest BCUT2D eigenvalue weighted by atomic mass is 16.5. The van der Waals surface area contributed by atoms with E-state index in [4.69, 9.17) is 14.4 Å². The molecule has 0 bridgehead atoms. The highest BCUT2D eigenvalue weighted by Gasteiger charge is 2.14. The minimum absolute atomic E-state index is 0.205. The van der Waals surface area contributed by atoms with Crippen LogP contribution in [0.2, 0.25) is 0 Å². The quantitative estimate of drug-likeness (QED) is 0.768. The number of hydrogen-bond donors (Lipinski definition) is 2. The maximum absolute atomic E-state index is 12.0. The number of nitrogens with zero attached hydrogens (tertiary/aromatic N) is 1. The largest absolute Gasteiger partial charge is 0.482 e. The Morgan fingerprint density at radius 1 is 1.29 bits per heavy atom. The predicted octanol–water partition coefficient (Wildman–Crippen LogP) is 2.23. The van der Waals surface area contributed by atoms with Gasteiger partial charge in [-0.15, -0.1) is 0 Å². The van der Waals surface area contributed by atoms with E-state index in [0.29, 0.717) is 18.7 Å². The first kappa shape index (κ1) is 17.5. The van der Waals surface area contributed by atoms with Crippen LogP contribution in [0, 0.1) is 0 Å². The molecule has 7 heteroatoms. The predicted molar refractivity (Wildman–Crippen MR) is 86.2 cm³/mol. The Hall–Kier alpha value is -2.83. The Balaban J connectivity index is 1.78. The Bertz CT molecular complexity index is 691. The molecule has 0 fully saturated rings. The molecule has 2 N–H and O–H groups in total. The zero-order valence-corrected chi connectivity index (χ0v) is 13.6. The molecule has 7 nitrogen and oxygen atoms in total. The summed E-state index contributed by atoms with van der Waals surface area (Å²) in [5.41, 5.74) is 1.75. The average Bonchev–Trinajstić information content (AvgIpc) is 3.04. The smallest absolute Gasteiger partial charge is 0.341 e. The fourth-order valence-corrected chi connectivity index (χ4v) is 1.97. The summed E-state index contributed by atoms with van der Waals surface area (Å²) in [5, 5.41) is 15.2. The zero-order chi connectivity index (χ0) is 17.5. The molecule has 128 valence electrons. The zero-order valence-electron chi connectivity index (χ0n) is 13.6. The van der Waals surface area contributed by atoms with Gasteiger partial charge < -0.3 is 19.7 Å². The van der Waals surface area contributed by atoms with Crippen LogP contribution >= 0.6 is 0 Å². The summed E-state index contributed by atoms with van der Waals surface area (Å²) >= 11 is 0. The maximum Gasteiger partial charge on any atom is 0.341 e. The fourth-order valence-electron chi connectivity index (χ4n) is 1.97. The van der Waals surface area contributed by atoms with Crippen LogP contribution in [0.3, 0.4) is 0 Å². The van der Waals surface area contributed by atoms with Crippen LogP contribution in [0.4, 0.5) is 0 Å². The van der Waals surface area contributed by atoms with Crippen LogP contribution in [0.5, 0.6) is 5.75 Å². The first-order valence-corrected chi connectivity index (χ1v) is 7.64. The van der Waals surface area contributed by atoms with Gasteiger partial charge in [-0.3, -0.25) is 4.79 Å². The molecule has 1 aromatic heterocycles. The lowest BCUT2D eigenvalue weighted by atomic mass is 10.1. The molecule has 1 amide bonds. The number of amides is 1. The van der Waals surface area contributed by atoms with E-state index >= 15 is 0 Å². The van der Waals surface area contributed by atoms with Crippen molar-refractivity contribution in [1.82, 2.24) is 10.5 Å². The summed E-state index contributed by atoms with van der Waals surface area (Å²) in [6.07, 6.45) is 0.635. The number of ether oxygens (including phenoxy) is 1. The summed E-state index contributed by atoms with van der Waals surface area (Å²) in [6.45, 7) is 4.03. The standard InChI is InChI=1S/C17H20N2O5/c1-11(2)14-9-15(24-19-14)17(22)18-8-7-12-3-5-13(6-4-12)23-10-16(20)21/h3-6,9,11H,7-8,10H2,1-2H3,(H,18,22)(H,20,21). The van der Waals surface area contributed by atoms with Gasteiger partial charge in [0.15, 0.2) is 6.61 Å². The molecule has 0 aliphatic heterocycles. The van der Waals surface area contributed by atoms with Crippen LogP contribution < -0.4 is 10.1 Å². The molecule has 24 heavy (non-hydrogen) atoms. The SMILES string of the molecule is CC(C)c1cc(C(=O)NCCc2ccc(OCC(=O)O)cc2)on1. The lowest BCUT2D eigenvalue weighted by Gasteiger charge is -2.06. The van der Waals surface area contributed by atoms with E-state index in [-0.39, 0.29) is 24.2 Å². The van der Waals surface area contributed by atoms with Gasteiger partial charge in [0.25, 0.3) is 5.91 Å². The van der Waals surface area contributed by atoms with Crippen molar-refractivity contribution in [3.63, 3.8) is 0 Å². The van der Waals surface area contributed by atoms with Crippen LogP contribution in [0.25, 0.3) is 0 Å². The van der Waals surface area contributed by atoms with Crippen LogP contribution in [-0.2, 0) is 11.2 Å². The molecular weight excluding hydrogens is 312 g/mol. The number of carboxylic acids is 1. The number of benzene rings is 1. The summed E-state index contributed by atoms with van der Waals surface area (Å²) in [5.74, 6) is -0.410. The summed E-state index contributed by atoms with van der Waals surface area (Å²) < 4.78 is 10.1. The van der Waals surface area contributed by atoms with Gasteiger partial charge in [-0.1, -0.05) is 31.1 Å². The molecule has 0 saturated heterocycles. The molecule has 2 aromatic rings. The first-order chi connectivity index (χ1) is 11.5. The molecule has 0 radical (unpaired) electrons. The number of aliphatic carboxylic acids is 1. The number of hydrogen-bond acceptors (Lipinski definition) is 5. The molecule has 0 unspecified atom stereocenters. The summed E-state index contributed by atoms with van der Waals surface area (Å²) in [4.78, 5) is 22.4. The van der Waals surface area contributed by atoms with E-state index in [1.54, 1.807) is 18.2 Å². The lowest BCUT2D eigenvalue weighted by molar-refractivity contribution is -0.139. The van der Waals surface area contributed by atoms with Crippen molar-refractivity contribution in [2.45, 2.75) is 26.2 Å². The van der Waals surface area contributed by atoms with Gasteiger partial charge in [0.05, 0.1) is 5.69 Å². The third kappa shape index (κ3) is 5.12. The van der Waals surface area contributed by atoms with Crippen molar-refractivity contribution < 1.29 is 24.0 Å². The Morgan fingerprint density at radius 2 is 2.00 bits per heavy atom. The third-order valence-corrected chi connectivity index (χ3v) is 3.33. The Labute approximate surface area is 139 Å². The van der Waals surface area contributed by atoms with Crippen molar-refractivity contribution in [2.24, 2.45) is 0 Å². The summed E-state index contributed by atoms with van der Waals surface area (Å²) in [6, 6.07) is 8.70. The number of carbonyl (C=O) groups is 2. The second-order valence-electron chi connectivity index (χ2n) is 5.60. The Kier molecular flexibility index (Phi) is 5.95. The molecular formula is C17H20N2O5. The molecule has 0 spiro atoms. The second kappa shape index (κ2) is 8.14. The molecule has 0 aliphatic carbocycles. The normalized spacial score (nSPS) is 10.6. The minimum atomic E-state index is -1.02. The number of nitrogens with one attached hydrogen (secondary N) is 1. The number of carboxylic acid groups (broad SMARTS) is 1. The van der Waals surface area contributed by atoms with Gasteiger partial charge in [-0.25, -0.2) is 4.79 Å². The number of carbonyl (C=O) groups excluding carboxylic acids is 1. The van der Waals surface area contributed by atoms with E-state index in [1.807, 2.05) is 26.0 Å². The van der Waals surface area contributed by atoms with Gasteiger partial charge in [0.1, 0.15) is 5.75 Å². The Morgan fingerprint density at radius 3 is 2.58 bits per heavy atom. The van der Waals surface area contributed by atoms with Crippen molar-refractivity contribution in [3.8, 4) is 5.75 Å². The third-order valence-electron chi connectivity index (χ3n) is 3.33. The molecule has 0 aliphatic rings. The monoisotopic (exact) mass is 332 g/mol. The van der Waals surface area contributed by atoms with Gasteiger partial charge in [-0.05, 0) is 30.0 Å². The number of aromatic nitrogens is 1. The van der Waals surface area contributed by atoms with E-state index in [0.717, 1.165) is 11.3 Å². The number of rotatable bonds is 8. The van der Waals surface area contributed by atoms with Gasteiger partial charge in [0, 0.05) is 12.6 Å². The molecule has 0 atom stereocenters.